The second kappa shape index (κ2) is 8.74. The molecule has 34 heavy (non-hydrogen) atoms. The Balaban J connectivity index is 1.66. The van der Waals surface area contributed by atoms with Crippen molar-refractivity contribution < 1.29 is 9.18 Å². The second-order valence-electron chi connectivity index (χ2n) is 7.62. The number of rotatable bonds is 5. The third-order valence-corrected chi connectivity index (χ3v) is 4.74. The van der Waals surface area contributed by atoms with E-state index in [2.05, 4.69) is 20.4 Å². The molecule has 0 aliphatic heterocycles. The average molecular weight is 435 g/mol. The maximum atomic E-state index is 14.6. The number of aromatic nitrogens is 4. The Bertz CT molecular complexity index is 1340. The predicted octanol–water partition coefficient (Wildman–Crippen LogP) is 0.665. The van der Waals surface area contributed by atoms with E-state index in [4.69, 9.17) is 47.1 Å². The van der Waals surface area contributed by atoms with Gasteiger partial charge < -0.3 is 10.2 Å². The van der Waals surface area contributed by atoms with Crippen molar-refractivity contribution in [1.82, 2.24) is 24.5 Å². The molecule has 12 radical (unpaired) electrons. The van der Waals surface area contributed by atoms with Crippen molar-refractivity contribution in [3.05, 3.63) is 66.7 Å². The number of benzene rings is 2. The highest BCUT2D eigenvalue weighted by Gasteiger charge is 2.33. The molecule has 4 rings (SSSR count). The fourth-order valence-electron chi connectivity index (χ4n) is 3.32. The van der Waals surface area contributed by atoms with Gasteiger partial charge in [0.05, 0.1) is 52.6 Å². The highest BCUT2D eigenvalue weighted by molar-refractivity contribution is 6.64. The Morgan fingerprint density at radius 1 is 0.971 bits per heavy atom. The van der Waals surface area contributed by atoms with Crippen molar-refractivity contribution in [2.45, 2.75) is 10.5 Å². The van der Waals surface area contributed by atoms with Gasteiger partial charge in [-0.05, 0) is 23.8 Å². The van der Waals surface area contributed by atoms with Gasteiger partial charge in [-0.1, -0.05) is 40.8 Å². The Kier molecular flexibility index (Phi) is 6.10. The summed E-state index contributed by atoms with van der Waals surface area (Å²) in [7, 11) is 33.3. The fraction of sp³-hybridized carbons (Fsp3) is 0.100. The van der Waals surface area contributed by atoms with Gasteiger partial charge >= 0.3 is 6.03 Å². The lowest BCUT2D eigenvalue weighted by Gasteiger charge is -2.48. The van der Waals surface area contributed by atoms with Crippen molar-refractivity contribution in [2.24, 2.45) is 0 Å². The maximum Gasteiger partial charge on any atom is 0.318 e. The molecule has 0 saturated carbocycles. The Morgan fingerprint density at radius 2 is 1.65 bits per heavy atom. The van der Waals surface area contributed by atoms with Crippen LogP contribution in [0.4, 0.5) is 14.9 Å². The second-order valence-corrected chi connectivity index (χ2v) is 7.62. The van der Waals surface area contributed by atoms with E-state index >= 15 is 0 Å². The molecule has 4 aromatic rings. The molecular weight excluding hydrogens is 424 g/mol. The van der Waals surface area contributed by atoms with Crippen LogP contribution in [0.3, 0.4) is 0 Å². The Hall–Kier alpha value is -3.42. The van der Waals surface area contributed by atoms with Gasteiger partial charge in [0.25, 0.3) is 5.78 Å². The normalized spacial score (nSPS) is 11.9. The quantitative estimate of drug-likeness (QED) is 0.468. The molecule has 152 valence electrons. The third-order valence-electron chi connectivity index (χ3n) is 4.74. The lowest BCUT2D eigenvalue weighted by Crippen LogP contribution is -2.66. The van der Waals surface area contributed by atoms with E-state index in [-0.39, 0.29) is 22.9 Å². The molecule has 0 fully saturated rings. The lowest BCUT2D eigenvalue weighted by molar-refractivity contribution is 0.210. The van der Waals surface area contributed by atoms with Crippen LogP contribution in [0.1, 0.15) is 0 Å². The molecule has 0 saturated heterocycles. The monoisotopic (exact) mass is 436 g/mol. The first-order chi connectivity index (χ1) is 15.9. The zero-order valence-corrected chi connectivity index (χ0v) is 17.8. The van der Waals surface area contributed by atoms with E-state index in [1.165, 1.54) is 16.6 Å². The minimum atomic E-state index is -2.28. The number of hydrogen-bond acceptors (Lipinski definition) is 4. The first kappa shape index (κ1) is 23.7. The molecule has 14 heteroatoms. The average Bonchev–Trinajstić information content (AvgIpc) is 3.16. The van der Waals surface area contributed by atoms with Crippen LogP contribution in [0.15, 0.2) is 60.9 Å². The Labute approximate surface area is 203 Å². The summed E-state index contributed by atoms with van der Waals surface area (Å²) in [5.74, 6) is -0.335. The number of carbonyl (C=O) groups excluding carboxylic acids is 1. The smallest absolute Gasteiger partial charge is 0.318 e. The summed E-state index contributed by atoms with van der Waals surface area (Å²) < 4.78 is 16.1. The van der Waals surface area contributed by atoms with Crippen LogP contribution in [0.25, 0.3) is 28.3 Å². The van der Waals surface area contributed by atoms with Crippen LogP contribution in [0.5, 0.6) is 0 Å². The summed E-state index contributed by atoms with van der Waals surface area (Å²) in [6.07, 6.45) is 3.37. The third kappa shape index (κ3) is 4.90. The first-order valence-corrected chi connectivity index (χ1v) is 9.86. The van der Waals surface area contributed by atoms with Crippen molar-refractivity contribution in [2.75, 3.05) is 5.32 Å². The van der Waals surface area contributed by atoms with Crippen molar-refractivity contribution in [3.63, 3.8) is 0 Å². The molecule has 0 unspecified atom stereocenters. The molecule has 0 aliphatic rings. The fourth-order valence-corrected chi connectivity index (χ4v) is 3.32. The largest absolute Gasteiger partial charge is 0.364 e. The highest BCUT2D eigenvalue weighted by Crippen LogP contribution is 2.26. The first-order valence-electron chi connectivity index (χ1n) is 9.86. The van der Waals surface area contributed by atoms with Crippen LogP contribution < -0.4 is 5.32 Å². The van der Waals surface area contributed by atoms with Crippen molar-refractivity contribution in [1.29, 1.82) is 0 Å². The Morgan fingerprint density at radius 3 is 2.29 bits per heavy atom. The number of urea groups is 1. The van der Waals surface area contributed by atoms with Gasteiger partial charge in [0.15, 0.2) is 5.82 Å². The SMILES string of the molecule is [B]C([B])([B])N(C(=O)Nc1ccc(F)c(-c2nc3ncc(-c4ccccc4)cn3n2)c1)C([B])([B])[B]. The number of nitrogens with one attached hydrogen (secondary N) is 1. The number of anilines is 1. The topological polar surface area (TPSA) is 75.4 Å². The van der Waals surface area contributed by atoms with Gasteiger partial charge in [0.2, 0.25) is 0 Å². The van der Waals surface area contributed by atoms with Crippen molar-refractivity contribution in [3.8, 4) is 22.5 Å². The van der Waals surface area contributed by atoms with Crippen LogP contribution >= 0.6 is 0 Å². The molecule has 0 bridgehead atoms. The van der Waals surface area contributed by atoms with Crippen molar-refractivity contribution >= 4 is 64.6 Å². The summed E-state index contributed by atoms with van der Waals surface area (Å²) in [6.45, 7) is 0. The van der Waals surface area contributed by atoms with E-state index in [1.807, 2.05) is 30.3 Å². The van der Waals surface area contributed by atoms with Crippen LogP contribution in [-0.2, 0) is 0 Å². The van der Waals surface area contributed by atoms with E-state index in [1.54, 1.807) is 12.4 Å². The molecule has 2 heterocycles. The molecule has 7 nitrogen and oxygen atoms in total. The molecule has 1 N–H and O–H groups in total. The highest BCUT2D eigenvalue weighted by atomic mass is 19.1. The van der Waals surface area contributed by atoms with Gasteiger partial charge in [0.1, 0.15) is 5.82 Å². The minimum absolute atomic E-state index is 0.00451. The number of hydrogen-bond donors (Lipinski definition) is 1. The minimum Gasteiger partial charge on any atom is -0.364 e. The van der Waals surface area contributed by atoms with Crippen LogP contribution in [0.2, 0.25) is 0 Å². The molecule has 0 spiro atoms. The summed E-state index contributed by atoms with van der Waals surface area (Å²) >= 11 is 0. The number of nitrogens with zero attached hydrogens (tertiary/aromatic N) is 5. The van der Waals surface area contributed by atoms with Gasteiger partial charge in [-0.25, -0.2) is 18.7 Å². The van der Waals surface area contributed by atoms with E-state index < -0.39 is 22.3 Å². The number of carbonyl (C=O) groups is 1. The maximum absolute atomic E-state index is 14.6. The molecule has 2 aromatic carbocycles. The van der Waals surface area contributed by atoms with Gasteiger partial charge in [-0.2, -0.15) is 4.98 Å². The standard InChI is InChI=1S/C20H11B6FN6O/c21-19(22,23)33(20(24,25)26)18(34)29-13-6-7-15(27)14(8-13)16-30-17-28-9-12(10-32(17)31-16)11-4-2-1-3-5-11/h1-10H,(H,29,34). The van der Waals surface area contributed by atoms with E-state index in [0.29, 0.717) is 4.90 Å². The van der Waals surface area contributed by atoms with Gasteiger partial charge in [0, 0.05) is 23.6 Å². The predicted molar refractivity (Wildman–Crippen MR) is 132 cm³/mol. The lowest BCUT2D eigenvalue weighted by atomic mass is 9.40. The van der Waals surface area contributed by atoms with Gasteiger partial charge in [-0.3, -0.25) is 0 Å². The van der Waals surface area contributed by atoms with E-state index in [9.17, 15) is 9.18 Å². The molecule has 0 aliphatic carbocycles. The summed E-state index contributed by atoms with van der Waals surface area (Å²) in [6, 6.07) is 12.2. The van der Waals surface area contributed by atoms with Crippen LogP contribution in [-0.4, -0.2) is 88.1 Å². The molecule has 0 atom stereocenters. The zero-order valence-electron chi connectivity index (χ0n) is 17.8. The zero-order chi connectivity index (χ0) is 24.7. The molecule has 2 aromatic heterocycles. The van der Waals surface area contributed by atoms with Crippen LogP contribution in [0, 0.1) is 5.82 Å². The van der Waals surface area contributed by atoms with Gasteiger partial charge in [-0.15, -0.1) is 5.10 Å². The number of halogens is 1. The number of amides is 2. The molecular formula is C20H11B6FN6O. The molecule has 2 amide bonds. The van der Waals surface area contributed by atoms with E-state index in [0.717, 1.165) is 17.2 Å². The number of fused-ring (bicyclic) bond motifs is 1. The summed E-state index contributed by atoms with van der Waals surface area (Å²) in [5, 5.41) is 2.18. The summed E-state index contributed by atoms with van der Waals surface area (Å²) in [4.78, 5) is 21.6. The summed E-state index contributed by atoms with van der Waals surface area (Å²) in [5.41, 5.74) is 1.85.